The number of halogens is 1. The van der Waals surface area contributed by atoms with Crippen molar-refractivity contribution in [3.8, 4) is 0 Å². The third-order valence-corrected chi connectivity index (χ3v) is 4.57. The minimum absolute atomic E-state index is 0.0567. The van der Waals surface area contributed by atoms with E-state index in [4.69, 9.17) is 11.6 Å². The van der Waals surface area contributed by atoms with Crippen LogP contribution in [0.3, 0.4) is 0 Å². The van der Waals surface area contributed by atoms with Gasteiger partial charge in [0.25, 0.3) is 0 Å². The summed E-state index contributed by atoms with van der Waals surface area (Å²) in [5, 5.41) is 0. The van der Waals surface area contributed by atoms with Crippen molar-refractivity contribution in [1.82, 2.24) is 0 Å². The Bertz CT molecular complexity index is 672. The van der Waals surface area contributed by atoms with Crippen LogP contribution >= 0.6 is 11.6 Å². The van der Waals surface area contributed by atoms with Gasteiger partial charge in [-0.3, -0.25) is 9.44 Å². The highest BCUT2D eigenvalue weighted by Crippen LogP contribution is 2.21. The second kappa shape index (κ2) is 6.64. The first-order chi connectivity index (χ1) is 9.13. The molecule has 20 heavy (non-hydrogen) atoms. The fraction of sp³-hybridized carbons (Fsp3) is 0.455. The van der Waals surface area contributed by atoms with E-state index >= 15 is 0 Å². The van der Waals surface area contributed by atoms with Crippen LogP contribution in [0.1, 0.15) is 12.0 Å². The monoisotopic (exact) mass is 340 g/mol. The highest BCUT2D eigenvalue weighted by Gasteiger charge is 2.11. The average molecular weight is 341 g/mol. The first-order valence-electron chi connectivity index (χ1n) is 5.78. The van der Waals surface area contributed by atoms with E-state index in [1.54, 1.807) is 13.0 Å². The fourth-order valence-corrected chi connectivity index (χ4v) is 3.55. The zero-order chi connectivity index (χ0) is 15.4. The van der Waals surface area contributed by atoms with Crippen LogP contribution in [0.4, 0.5) is 11.4 Å². The Labute approximate surface area is 124 Å². The number of rotatable bonds is 7. The van der Waals surface area contributed by atoms with E-state index in [0.717, 1.165) is 6.26 Å². The van der Waals surface area contributed by atoms with Gasteiger partial charge in [-0.1, -0.05) is 0 Å². The number of hydrogen-bond donors (Lipinski definition) is 2. The third kappa shape index (κ3) is 5.98. The van der Waals surface area contributed by atoms with Crippen molar-refractivity contribution in [2.75, 3.05) is 27.3 Å². The van der Waals surface area contributed by atoms with E-state index in [2.05, 4.69) is 9.44 Å². The topological polar surface area (TPSA) is 92.3 Å². The number of anilines is 2. The van der Waals surface area contributed by atoms with Crippen LogP contribution in [0.5, 0.6) is 0 Å². The molecule has 0 saturated carbocycles. The van der Waals surface area contributed by atoms with Crippen molar-refractivity contribution in [3.05, 3.63) is 23.8 Å². The molecule has 1 aromatic rings. The van der Waals surface area contributed by atoms with Crippen LogP contribution in [-0.4, -0.2) is 34.7 Å². The summed E-state index contributed by atoms with van der Waals surface area (Å²) in [5.74, 6) is 0.218. The molecule has 1 rings (SSSR count). The standard InChI is InChI=1S/C11H17ClN2O4S2/c1-9-8-10(13-20(17,18)7-3-6-12)4-5-11(9)14-19(2,15)16/h4-5,8,13-14H,3,6-7H2,1-2H3. The normalized spacial score (nSPS) is 12.2. The first kappa shape index (κ1) is 17.1. The summed E-state index contributed by atoms with van der Waals surface area (Å²) < 4.78 is 50.5. The maximum Gasteiger partial charge on any atom is 0.232 e. The maximum atomic E-state index is 11.7. The van der Waals surface area contributed by atoms with Crippen molar-refractivity contribution in [3.63, 3.8) is 0 Å². The van der Waals surface area contributed by atoms with E-state index in [9.17, 15) is 16.8 Å². The lowest BCUT2D eigenvalue weighted by Crippen LogP contribution is -2.17. The zero-order valence-electron chi connectivity index (χ0n) is 11.2. The fourth-order valence-electron chi connectivity index (χ4n) is 1.52. The van der Waals surface area contributed by atoms with Gasteiger partial charge >= 0.3 is 0 Å². The van der Waals surface area contributed by atoms with E-state index in [0.29, 0.717) is 23.4 Å². The molecular formula is C11H17ClN2O4S2. The summed E-state index contributed by atoms with van der Waals surface area (Å²) in [5.41, 5.74) is 1.42. The van der Waals surface area contributed by atoms with E-state index in [1.807, 2.05) is 0 Å². The van der Waals surface area contributed by atoms with Gasteiger partial charge in [0.2, 0.25) is 20.0 Å². The Morgan fingerprint density at radius 1 is 1.15 bits per heavy atom. The van der Waals surface area contributed by atoms with Crippen molar-refractivity contribution >= 4 is 43.0 Å². The number of hydrogen-bond acceptors (Lipinski definition) is 4. The lowest BCUT2D eigenvalue weighted by molar-refractivity contribution is 0.599. The molecule has 0 aliphatic carbocycles. The molecule has 114 valence electrons. The minimum atomic E-state index is -3.43. The van der Waals surface area contributed by atoms with Crippen LogP contribution in [0.25, 0.3) is 0 Å². The second-order valence-corrected chi connectivity index (χ2v) is 8.34. The molecule has 0 aliphatic rings. The molecule has 0 atom stereocenters. The smallest absolute Gasteiger partial charge is 0.232 e. The van der Waals surface area contributed by atoms with Gasteiger partial charge in [0.15, 0.2) is 0 Å². The number of benzene rings is 1. The number of nitrogens with one attached hydrogen (secondary N) is 2. The van der Waals surface area contributed by atoms with Gasteiger partial charge < -0.3 is 0 Å². The number of sulfonamides is 2. The average Bonchev–Trinajstić information content (AvgIpc) is 2.28. The molecule has 0 amide bonds. The first-order valence-corrected chi connectivity index (χ1v) is 9.86. The molecule has 0 fully saturated rings. The van der Waals surface area contributed by atoms with Crippen LogP contribution in [0, 0.1) is 6.92 Å². The largest absolute Gasteiger partial charge is 0.284 e. The van der Waals surface area contributed by atoms with Crippen molar-refractivity contribution < 1.29 is 16.8 Å². The highest BCUT2D eigenvalue weighted by atomic mass is 35.5. The van der Waals surface area contributed by atoms with Crippen molar-refractivity contribution in [1.29, 1.82) is 0 Å². The lowest BCUT2D eigenvalue weighted by atomic mass is 10.2. The number of alkyl halides is 1. The Balaban J connectivity index is 2.88. The lowest BCUT2D eigenvalue weighted by Gasteiger charge is -2.11. The molecule has 0 unspecified atom stereocenters. The van der Waals surface area contributed by atoms with Gasteiger partial charge in [-0.15, -0.1) is 11.6 Å². The molecule has 0 aromatic heterocycles. The van der Waals surface area contributed by atoms with E-state index in [-0.39, 0.29) is 11.6 Å². The molecule has 1 aromatic carbocycles. The van der Waals surface area contributed by atoms with Gasteiger partial charge in [0.05, 0.1) is 17.7 Å². The molecule has 9 heteroatoms. The van der Waals surface area contributed by atoms with Gasteiger partial charge in [-0.25, -0.2) is 16.8 Å². The quantitative estimate of drug-likeness (QED) is 0.739. The Morgan fingerprint density at radius 3 is 2.30 bits per heavy atom. The zero-order valence-corrected chi connectivity index (χ0v) is 13.6. The molecule has 2 N–H and O–H groups in total. The van der Waals surface area contributed by atoms with Gasteiger partial charge in [0, 0.05) is 11.6 Å². The second-order valence-electron chi connectivity index (χ2n) is 4.37. The summed E-state index contributed by atoms with van der Waals surface area (Å²) in [7, 11) is -6.80. The van der Waals surface area contributed by atoms with Crippen molar-refractivity contribution in [2.45, 2.75) is 13.3 Å². The van der Waals surface area contributed by atoms with Crippen LogP contribution < -0.4 is 9.44 Å². The molecule has 0 heterocycles. The van der Waals surface area contributed by atoms with Crippen LogP contribution in [0.2, 0.25) is 0 Å². The summed E-state index contributed by atoms with van der Waals surface area (Å²) in [4.78, 5) is 0. The Hall–Kier alpha value is -0.990. The molecule has 0 aliphatic heterocycles. The predicted octanol–water partition coefficient (Wildman–Crippen LogP) is 1.74. The molecule has 0 bridgehead atoms. The number of aryl methyl sites for hydroxylation is 1. The van der Waals surface area contributed by atoms with E-state index in [1.165, 1.54) is 12.1 Å². The summed E-state index contributed by atoms with van der Waals surface area (Å²) >= 11 is 5.46. The van der Waals surface area contributed by atoms with Gasteiger partial charge in [-0.2, -0.15) is 0 Å². The molecule has 0 saturated heterocycles. The van der Waals surface area contributed by atoms with E-state index < -0.39 is 20.0 Å². The highest BCUT2D eigenvalue weighted by molar-refractivity contribution is 7.92. The van der Waals surface area contributed by atoms with Gasteiger partial charge in [0.1, 0.15) is 0 Å². The van der Waals surface area contributed by atoms with Crippen LogP contribution in [0.15, 0.2) is 18.2 Å². The molecule has 6 nitrogen and oxygen atoms in total. The maximum absolute atomic E-state index is 11.7. The summed E-state index contributed by atoms with van der Waals surface area (Å²) in [6.07, 6.45) is 1.42. The molecule has 0 spiro atoms. The molecule has 0 radical (unpaired) electrons. The van der Waals surface area contributed by atoms with Crippen LogP contribution in [-0.2, 0) is 20.0 Å². The minimum Gasteiger partial charge on any atom is -0.284 e. The molecular weight excluding hydrogens is 324 g/mol. The summed E-state index contributed by atoms with van der Waals surface area (Å²) in [6, 6.07) is 4.57. The predicted molar refractivity (Wildman–Crippen MR) is 82.4 cm³/mol. The third-order valence-electron chi connectivity index (χ3n) is 2.34. The van der Waals surface area contributed by atoms with Gasteiger partial charge in [-0.05, 0) is 37.1 Å². The SMILES string of the molecule is Cc1cc(NS(=O)(=O)CCCCl)ccc1NS(C)(=O)=O. The van der Waals surface area contributed by atoms with Crippen molar-refractivity contribution in [2.24, 2.45) is 0 Å². The Morgan fingerprint density at radius 2 is 1.80 bits per heavy atom. The summed E-state index contributed by atoms with van der Waals surface area (Å²) in [6.45, 7) is 1.68. The Kier molecular flexibility index (Phi) is 5.67.